The van der Waals surface area contributed by atoms with Crippen molar-refractivity contribution in [3.05, 3.63) is 88.3 Å². The van der Waals surface area contributed by atoms with Crippen molar-refractivity contribution in [1.29, 1.82) is 0 Å². The quantitative estimate of drug-likeness (QED) is 0.543. The summed E-state index contributed by atoms with van der Waals surface area (Å²) in [5, 5.41) is 11.7. The normalized spacial score (nSPS) is 17.2. The lowest BCUT2D eigenvalue weighted by atomic mass is 10.0. The fourth-order valence-corrected chi connectivity index (χ4v) is 4.33. The number of aliphatic carboxylic acids is 1. The molecular weight excluding hydrogens is 390 g/mol. The van der Waals surface area contributed by atoms with Crippen LogP contribution in [0.15, 0.2) is 77.2 Å². The summed E-state index contributed by atoms with van der Waals surface area (Å²) < 4.78 is 0.230. The SMILES string of the molecule is CC(=Cc1ccccc1)C=C1SC(=S)N(C(Cc2ccccc2)C(=O)[O-])C1=O. The summed E-state index contributed by atoms with van der Waals surface area (Å²) in [7, 11) is 0. The molecule has 1 fully saturated rings. The van der Waals surface area contributed by atoms with E-state index in [0.717, 1.165) is 33.4 Å². The maximum atomic E-state index is 12.9. The highest BCUT2D eigenvalue weighted by atomic mass is 32.2. The van der Waals surface area contributed by atoms with Crippen molar-refractivity contribution < 1.29 is 14.7 Å². The van der Waals surface area contributed by atoms with E-state index in [4.69, 9.17) is 12.2 Å². The summed E-state index contributed by atoms with van der Waals surface area (Å²) in [4.78, 5) is 26.2. The second-order valence-corrected chi connectivity index (χ2v) is 8.05. The zero-order chi connectivity index (χ0) is 20.1. The van der Waals surface area contributed by atoms with Gasteiger partial charge in [-0.1, -0.05) is 90.7 Å². The zero-order valence-electron chi connectivity index (χ0n) is 15.2. The number of carbonyl (C=O) groups excluding carboxylic acids is 2. The third-order valence-electron chi connectivity index (χ3n) is 4.23. The molecule has 2 aromatic rings. The van der Waals surface area contributed by atoms with E-state index < -0.39 is 17.9 Å². The average Bonchev–Trinajstić information content (AvgIpc) is 2.94. The summed E-state index contributed by atoms with van der Waals surface area (Å²) in [5.74, 6) is -1.72. The van der Waals surface area contributed by atoms with Gasteiger partial charge in [0.05, 0.1) is 16.9 Å². The van der Waals surface area contributed by atoms with Crippen LogP contribution in [0, 0.1) is 0 Å². The Labute approximate surface area is 173 Å². The van der Waals surface area contributed by atoms with Crippen molar-refractivity contribution in [3.8, 4) is 0 Å². The van der Waals surface area contributed by atoms with Gasteiger partial charge in [-0.2, -0.15) is 0 Å². The van der Waals surface area contributed by atoms with E-state index in [2.05, 4.69) is 0 Å². The smallest absolute Gasteiger partial charge is 0.266 e. The fraction of sp³-hybridized carbons (Fsp3) is 0.136. The monoisotopic (exact) mass is 408 g/mol. The van der Waals surface area contributed by atoms with Gasteiger partial charge in [-0.15, -0.1) is 0 Å². The Kier molecular flexibility index (Phi) is 6.44. The number of hydrogen-bond acceptors (Lipinski definition) is 5. The Morgan fingerprint density at radius 3 is 2.36 bits per heavy atom. The van der Waals surface area contributed by atoms with E-state index in [1.54, 1.807) is 6.08 Å². The molecule has 1 unspecified atom stereocenters. The molecule has 1 saturated heterocycles. The largest absolute Gasteiger partial charge is 0.548 e. The lowest BCUT2D eigenvalue weighted by Crippen LogP contribution is -2.51. The summed E-state index contributed by atoms with van der Waals surface area (Å²) >= 11 is 6.42. The maximum Gasteiger partial charge on any atom is 0.266 e. The Balaban J connectivity index is 1.83. The molecule has 1 aliphatic rings. The molecule has 0 radical (unpaired) electrons. The van der Waals surface area contributed by atoms with Crippen molar-refractivity contribution in [1.82, 2.24) is 4.90 Å². The standard InChI is InChI=1S/C22H19NO3S2/c1-15(12-16-8-4-2-5-9-16)13-19-20(24)23(22(27)28-19)18(21(25)26)14-17-10-6-3-7-11-17/h2-13,18H,14H2,1H3,(H,25,26)/p-1. The van der Waals surface area contributed by atoms with Gasteiger partial charge in [-0.05, 0) is 36.1 Å². The summed E-state index contributed by atoms with van der Waals surface area (Å²) in [6, 6.07) is 17.7. The van der Waals surface area contributed by atoms with Gasteiger partial charge in [-0.25, -0.2) is 0 Å². The van der Waals surface area contributed by atoms with Crippen LogP contribution < -0.4 is 5.11 Å². The Morgan fingerprint density at radius 2 is 1.75 bits per heavy atom. The summed E-state index contributed by atoms with van der Waals surface area (Å²) in [6.45, 7) is 1.89. The lowest BCUT2D eigenvalue weighted by Gasteiger charge is -2.27. The fourth-order valence-electron chi connectivity index (χ4n) is 2.93. The van der Waals surface area contributed by atoms with E-state index in [1.807, 2.05) is 73.7 Å². The molecule has 142 valence electrons. The van der Waals surface area contributed by atoms with Gasteiger partial charge >= 0.3 is 0 Å². The van der Waals surface area contributed by atoms with Crippen LogP contribution in [-0.2, 0) is 16.0 Å². The first kappa shape index (κ1) is 20.0. The van der Waals surface area contributed by atoms with E-state index in [-0.39, 0.29) is 10.7 Å². The second kappa shape index (κ2) is 8.99. The number of carbonyl (C=O) groups is 2. The minimum Gasteiger partial charge on any atom is -0.548 e. The first-order valence-corrected chi connectivity index (χ1v) is 9.93. The van der Waals surface area contributed by atoms with E-state index >= 15 is 0 Å². The first-order chi connectivity index (χ1) is 13.5. The molecule has 0 N–H and O–H groups in total. The number of carboxylic acid groups (broad SMARTS) is 1. The number of nitrogens with zero attached hydrogens (tertiary/aromatic N) is 1. The Morgan fingerprint density at radius 1 is 1.14 bits per heavy atom. The van der Waals surface area contributed by atoms with Gasteiger partial charge in [-0.3, -0.25) is 9.69 Å². The van der Waals surface area contributed by atoms with Crippen LogP contribution in [-0.4, -0.2) is 27.1 Å². The molecule has 3 rings (SSSR count). The van der Waals surface area contributed by atoms with Crippen molar-refractivity contribution >= 4 is 46.3 Å². The highest BCUT2D eigenvalue weighted by Gasteiger charge is 2.37. The molecule has 1 heterocycles. The predicted molar refractivity (Wildman–Crippen MR) is 114 cm³/mol. The van der Waals surface area contributed by atoms with Crippen LogP contribution in [0.4, 0.5) is 0 Å². The van der Waals surface area contributed by atoms with E-state index in [9.17, 15) is 14.7 Å². The molecule has 1 amide bonds. The number of amides is 1. The van der Waals surface area contributed by atoms with Crippen LogP contribution in [0.5, 0.6) is 0 Å². The molecule has 0 bridgehead atoms. The molecule has 1 aliphatic heterocycles. The average molecular weight is 409 g/mol. The van der Waals surface area contributed by atoms with Gasteiger partial charge < -0.3 is 9.90 Å². The number of allylic oxidation sites excluding steroid dienone is 2. The molecule has 4 nitrogen and oxygen atoms in total. The van der Waals surface area contributed by atoms with E-state index in [0.29, 0.717) is 4.91 Å². The van der Waals surface area contributed by atoms with Crippen molar-refractivity contribution in [2.24, 2.45) is 0 Å². The molecule has 0 spiro atoms. The number of carboxylic acids is 1. The third-order valence-corrected chi connectivity index (χ3v) is 5.56. The van der Waals surface area contributed by atoms with Crippen LogP contribution in [0.25, 0.3) is 6.08 Å². The number of rotatable bonds is 6. The van der Waals surface area contributed by atoms with Crippen molar-refractivity contribution in [3.63, 3.8) is 0 Å². The number of hydrogen-bond donors (Lipinski definition) is 0. The Bertz CT molecular complexity index is 952. The second-order valence-electron chi connectivity index (χ2n) is 6.38. The predicted octanol–water partition coefficient (Wildman–Crippen LogP) is 3.20. The zero-order valence-corrected chi connectivity index (χ0v) is 16.8. The highest BCUT2D eigenvalue weighted by molar-refractivity contribution is 8.26. The summed E-state index contributed by atoms with van der Waals surface area (Å²) in [5.41, 5.74) is 2.69. The molecule has 2 aromatic carbocycles. The highest BCUT2D eigenvalue weighted by Crippen LogP contribution is 2.34. The molecule has 6 heteroatoms. The minimum atomic E-state index is -1.32. The van der Waals surface area contributed by atoms with E-state index in [1.165, 1.54) is 0 Å². The number of thiocarbonyl (C=S) groups is 1. The van der Waals surface area contributed by atoms with Gasteiger partial charge in [0.25, 0.3) is 5.91 Å². The molecule has 1 atom stereocenters. The minimum absolute atomic E-state index is 0.141. The van der Waals surface area contributed by atoms with Crippen molar-refractivity contribution in [2.45, 2.75) is 19.4 Å². The van der Waals surface area contributed by atoms with Crippen LogP contribution in [0.2, 0.25) is 0 Å². The van der Waals surface area contributed by atoms with Crippen LogP contribution in [0.1, 0.15) is 18.1 Å². The topological polar surface area (TPSA) is 60.4 Å². The molecule has 0 aromatic heterocycles. The maximum absolute atomic E-state index is 12.9. The van der Waals surface area contributed by atoms with Gasteiger partial charge in [0.15, 0.2) is 0 Å². The molecule has 0 saturated carbocycles. The van der Waals surface area contributed by atoms with Crippen LogP contribution >= 0.6 is 24.0 Å². The van der Waals surface area contributed by atoms with Gasteiger partial charge in [0.2, 0.25) is 0 Å². The third kappa shape index (κ3) is 4.77. The first-order valence-electron chi connectivity index (χ1n) is 8.71. The summed E-state index contributed by atoms with van der Waals surface area (Å²) in [6.07, 6.45) is 3.83. The van der Waals surface area contributed by atoms with Gasteiger partial charge in [0.1, 0.15) is 4.32 Å². The number of thioether (sulfide) groups is 1. The molecular formula is C22H18NO3S2-. The molecule has 28 heavy (non-hydrogen) atoms. The van der Waals surface area contributed by atoms with Crippen LogP contribution in [0.3, 0.4) is 0 Å². The number of benzene rings is 2. The van der Waals surface area contributed by atoms with Gasteiger partial charge in [0, 0.05) is 0 Å². The van der Waals surface area contributed by atoms with Crippen molar-refractivity contribution in [2.75, 3.05) is 0 Å². The molecule has 0 aliphatic carbocycles. The Hall–Kier alpha value is -2.70. The lowest BCUT2D eigenvalue weighted by molar-refractivity contribution is -0.310.